The number of aromatic hydroxyl groups is 1. The number of hydrogen-bond donors (Lipinski definition) is 2. The van der Waals surface area contributed by atoms with Crippen molar-refractivity contribution in [2.75, 3.05) is 17.8 Å². The Hall–Kier alpha value is -1.90. The van der Waals surface area contributed by atoms with Crippen LogP contribution in [0.3, 0.4) is 0 Å². The van der Waals surface area contributed by atoms with Gasteiger partial charge in [0, 0.05) is 17.8 Å². The molecule has 2 aromatic carbocycles. The van der Waals surface area contributed by atoms with E-state index in [1.54, 1.807) is 12.1 Å². The zero-order chi connectivity index (χ0) is 16.4. The zero-order valence-corrected chi connectivity index (χ0v) is 14.5. The molecule has 0 aliphatic rings. The highest BCUT2D eigenvalue weighted by Gasteiger charge is 2.11. The number of fused-ring (bicyclic) bond motifs is 1. The second-order valence-electron chi connectivity index (χ2n) is 4.68. The lowest BCUT2D eigenvalue weighted by molar-refractivity contribution is 0.482. The smallest absolute Gasteiger partial charge is 0.253 e. The molecule has 0 unspecified atom stereocenters. The van der Waals surface area contributed by atoms with Crippen molar-refractivity contribution in [1.29, 1.82) is 0 Å². The molecule has 118 valence electrons. The van der Waals surface area contributed by atoms with Crippen LogP contribution in [-0.2, 0) is 0 Å². The Kier molecular flexibility index (Phi) is 4.65. The highest BCUT2D eigenvalue weighted by molar-refractivity contribution is 7.80. The Balaban J connectivity index is 1.95. The van der Waals surface area contributed by atoms with Crippen molar-refractivity contribution in [3.05, 3.63) is 35.4 Å². The molecule has 1 aromatic heterocycles. The Bertz CT molecular complexity index is 883. The molecule has 0 radical (unpaired) electrons. The first kappa shape index (κ1) is 16.0. The van der Waals surface area contributed by atoms with Crippen LogP contribution in [0.15, 0.2) is 40.6 Å². The molecule has 0 saturated heterocycles. The van der Waals surface area contributed by atoms with Crippen LogP contribution in [0.5, 0.6) is 5.75 Å². The summed E-state index contributed by atoms with van der Waals surface area (Å²) in [7, 11) is 1.85. The van der Waals surface area contributed by atoms with Gasteiger partial charge >= 0.3 is 0 Å². The van der Waals surface area contributed by atoms with E-state index in [9.17, 15) is 5.11 Å². The normalized spacial score (nSPS) is 11.4. The van der Waals surface area contributed by atoms with Gasteiger partial charge in [0.25, 0.3) is 5.13 Å². The minimum Gasteiger partial charge on any atom is -0.505 e. The van der Waals surface area contributed by atoms with E-state index in [0.29, 0.717) is 26.5 Å². The molecule has 6 nitrogen and oxygen atoms in total. The molecule has 23 heavy (non-hydrogen) atoms. The van der Waals surface area contributed by atoms with E-state index in [1.165, 1.54) is 11.3 Å². The lowest BCUT2D eigenvalue weighted by atomic mass is 10.1. The standard InChI is InChI=1S/C14H12ClN5OS2/c1-20(7-22)14-19-18-13(23-14)17-16-11-6-10(15)8-4-2-3-5-9(8)12(11)21/h2-6,21-22H,7H2,1H3. The summed E-state index contributed by atoms with van der Waals surface area (Å²) in [5, 5.41) is 29.3. The summed E-state index contributed by atoms with van der Waals surface area (Å²) in [6.45, 7) is 0. The number of anilines is 1. The Morgan fingerprint density at radius 2 is 2.00 bits per heavy atom. The van der Waals surface area contributed by atoms with Gasteiger partial charge in [0.05, 0.1) is 10.9 Å². The largest absolute Gasteiger partial charge is 0.505 e. The third kappa shape index (κ3) is 3.24. The van der Waals surface area contributed by atoms with Gasteiger partial charge in [-0.05, 0) is 6.07 Å². The Morgan fingerprint density at radius 1 is 1.26 bits per heavy atom. The van der Waals surface area contributed by atoms with Gasteiger partial charge < -0.3 is 10.0 Å². The number of hydrogen-bond acceptors (Lipinski definition) is 8. The fraction of sp³-hybridized carbons (Fsp3) is 0.143. The second-order valence-corrected chi connectivity index (χ2v) is 6.30. The summed E-state index contributed by atoms with van der Waals surface area (Å²) >= 11 is 11.7. The minimum absolute atomic E-state index is 0.0333. The predicted molar refractivity (Wildman–Crippen MR) is 97.0 cm³/mol. The molecule has 3 aromatic rings. The molecule has 0 aliphatic carbocycles. The number of phenols is 1. The molecule has 0 spiro atoms. The molecule has 0 saturated carbocycles. The SMILES string of the molecule is CN(CS)c1nnc(N=Nc2cc(Cl)c3ccccc3c2O)s1. The van der Waals surface area contributed by atoms with Gasteiger partial charge in [-0.25, -0.2) is 0 Å². The summed E-state index contributed by atoms with van der Waals surface area (Å²) in [6, 6.07) is 8.87. The van der Waals surface area contributed by atoms with E-state index >= 15 is 0 Å². The van der Waals surface area contributed by atoms with E-state index in [1.807, 2.05) is 30.1 Å². The number of halogens is 1. The lowest BCUT2D eigenvalue weighted by Crippen LogP contribution is -2.13. The summed E-state index contributed by atoms with van der Waals surface area (Å²) < 4.78 is 0. The molecule has 9 heteroatoms. The predicted octanol–water partition coefficient (Wildman–Crippen LogP) is 4.79. The monoisotopic (exact) mass is 365 g/mol. The average Bonchev–Trinajstić information content (AvgIpc) is 3.05. The van der Waals surface area contributed by atoms with Crippen molar-refractivity contribution in [3.63, 3.8) is 0 Å². The fourth-order valence-electron chi connectivity index (χ4n) is 1.94. The Labute approximate surface area is 146 Å². The zero-order valence-electron chi connectivity index (χ0n) is 12.0. The van der Waals surface area contributed by atoms with Gasteiger partial charge in [0.15, 0.2) is 5.75 Å². The Morgan fingerprint density at radius 3 is 2.74 bits per heavy atom. The topological polar surface area (TPSA) is 74.0 Å². The third-order valence-electron chi connectivity index (χ3n) is 3.13. The summed E-state index contributed by atoms with van der Waals surface area (Å²) in [6.07, 6.45) is 0. The van der Waals surface area contributed by atoms with Crippen molar-refractivity contribution in [1.82, 2.24) is 10.2 Å². The number of thiol groups is 1. The summed E-state index contributed by atoms with van der Waals surface area (Å²) in [5.74, 6) is 0.554. The lowest BCUT2D eigenvalue weighted by Gasteiger charge is -2.08. The van der Waals surface area contributed by atoms with Crippen LogP contribution < -0.4 is 4.90 Å². The molecule has 3 rings (SSSR count). The summed E-state index contributed by atoms with van der Waals surface area (Å²) in [4.78, 5) is 1.82. The quantitative estimate of drug-likeness (QED) is 0.396. The number of rotatable bonds is 4. The molecule has 0 fully saturated rings. The molecule has 1 N–H and O–H groups in total. The highest BCUT2D eigenvalue weighted by atomic mass is 35.5. The first-order valence-corrected chi connectivity index (χ1v) is 8.40. The number of benzene rings is 2. The number of nitrogens with zero attached hydrogens (tertiary/aromatic N) is 5. The van der Waals surface area contributed by atoms with Crippen molar-refractivity contribution >= 4 is 62.3 Å². The maximum absolute atomic E-state index is 10.3. The van der Waals surface area contributed by atoms with E-state index in [0.717, 1.165) is 5.39 Å². The van der Waals surface area contributed by atoms with Crippen molar-refractivity contribution < 1.29 is 5.11 Å². The molecule has 1 heterocycles. The van der Waals surface area contributed by atoms with E-state index in [2.05, 4.69) is 33.1 Å². The van der Waals surface area contributed by atoms with Crippen LogP contribution in [0.1, 0.15) is 0 Å². The molecule has 0 bridgehead atoms. The van der Waals surface area contributed by atoms with Gasteiger partial charge in [0.2, 0.25) is 5.13 Å². The molecular weight excluding hydrogens is 354 g/mol. The van der Waals surface area contributed by atoms with Gasteiger partial charge in [-0.3, -0.25) is 0 Å². The van der Waals surface area contributed by atoms with E-state index < -0.39 is 0 Å². The van der Waals surface area contributed by atoms with Crippen LogP contribution >= 0.6 is 35.6 Å². The minimum atomic E-state index is 0.0333. The van der Waals surface area contributed by atoms with Gasteiger partial charge in [0.1, 0.15) is 5.69 Å². The van der Waals surface area contributed by atoms with Crippen LogP contribution in [0, 0.1) is 0 Å². The number of phenolic OH excluding ortho intramolecular Hbond substituents is 1. The highest BCUT2D eigenvalue weighted by Crippen LogP contribution is 2.40. The first-order chi connectivity index (χ1) is 11.1. The van der Waals surface area contributed by atoms with E-state index in [4.69, 9.17) is 11.6 Å². The van der Waals surface area contributed by atoms with Crippen molar-refractivity contribution in [2.24, 2.45) is 10.2 Å². The van der Waals surface area contributed by atoms with Crippen molar-refractivity contribution in [2.45, 2.75) is 0 Å². The molecule has 0 atom stereocenters. The van der Waals surface area contributed by atoms with Crippen LogP contribution in [0.25, 0.3) is 10.8 Å². The van der Waals surface area contributed by atoms with Gasteiger partial charge in [-0.15, -0.1) is 20.4 Å². The average molecular weight is 366 g/mol. The maximum atomic E-state index is 10.3. The third-order valence-corrected chi connectivity index (χ3v) is 4.79. The van der Waals surface area contributed by atoms with Crippen LogP contribution in [0.2, 0.25) is 5.02 Å². The fourth-order valence-corrected chi connectivity index (χ4v) is 3.06. The maximum Gasteiger partial charge on any atom is 0.253 e. The van der Waals surface area contributed by atoms with Gasteiger partial charge in [-0.2, -0.15) is 12.6 Å². The van der Waals surface area contributed by atoms with E-state index in [-0.39, 0.29) is 11.4 Å². The van der Waals surface area contributed by atoms with Crippen molar-refractivity contribution in [3.8, 4) is 5.75 Å². The molecular formula is C14H12ClN5OS2. The van der Waals surface area contributed by atoms with Gasteiger partial charge in [-0.1, -0.05) is 47.2 Å². The molecule has 0 amide bonds. The summed E-state index contributed by atoms with van der Waals surface area (Å²) in [5.41, 5.74) is 0.285. The van der Waals surface area contributed by atoms with Crippen LogP contribution in [-0.4, -0.2) is 28.2 Å². The molecule has 0 aliphatic heterocycles. The second kappa shape index (κ2) is 6.69. The van der Waals surface area contributed by atoms with Crippen LogP contribution in [0.4, 0.5) is 16.0 Å². The first-order valence-electron chi connectivity index (χ1n) is 6.57. The number of aromatic nitrogens is 2. The number of azo groups is 1.